The second kappa shape index (κ2) is 9.52. The maximum absolute atomic E-state index is 12.3. The molecule has 3 aromatic rings. The Kier molecular flexibility index (Phi) is 7.05. The third-order valence-corrected chi connectivity index (χ3v) is 7.39. The predicted octanol–water partition coefficient (Wildman–Crippen LogP) is 4.89. The molecule has 0 saturated heterocycles. The van der Waals surface area contributed by atoms with Gasteiger partial charge in [0, 0.05) is 26.0 Å². The van der Waals surface area contributed by atoms with E-state index in [9.17, 15) is 8.42 Å². The molecule has 0 amide bonds. The maximum Gasteiger partial charge on any atom is 0.242 e. The van der Waals surface area contributed by atoms with Crippen LogP contribution in [0, 0.1) is 0 Å². The Hall–Kier alpha value is -2.22. The van der Waals surface area contributed by atoms with Gasteiger partial charge in [-0.05, 0) is 36.2 Å². The van der Waals surface area contributed by atoms with Crippen molar-refractivity contribution in [1.29, 1.82) is 0 Å². The van der Waals surface area contributed by atoms with E-state index in [1.807, 2.05) is 42.5 Å². The fourth-order valence-electron chi connectivity index (χ4n) is 3.01. The molecule has 1 heterocycles. The minimum atomic E-state index is -3.43. The molecule has 1 aromatic heterocycles. The van der Waals surface area contributed by atoms with Gasteiger partial charge in [-0.3, -0.25) is 0 Å². The summed E-state index contributed by atoms with van der Waals surface area (Å²) >= 11 is 1.61. The number of rotatable bonds is 8. The largest absolute Gasteiger partial charge is 0.316 e. The van der Waals surface area contributed by atoms with Crippen LogP contribution in [0.2, 0.25) is 0 Å². The van der Waals surface area contributed by atoms with Crippen molar-refractivity contribution < 1.29 is 8.42 Å². The van der Waals surface area contributed by atoms with E-state index in [1.165, 1.54) is 4.31 Å². The molecule has 0 aliphatic carbocycles. The molecule has 0 bridgehead atoms. The Balaban J connectivity index is 2.02. The van der Waals surface area contributed by atoms with E-state index in [0.717, 1.165) is 47.6 Å². The average Bonchev–Trinajstić information content (AvgIpc) is 3.11. The van der Waals surface area contributed by atoms with Gasteiger partial charge in [0.05, 0.1) is 16.3 Å². The number of benzene rings is 2. The van der Waals surface area contributed by atoms with Gasteiger partial charge in [0.1, 0.15) is 0 Å². The van der Waals surface area contributed by atoms with Gasteiger partial charge in [0.2, 0.25) is 10.0 Å². The molecule has 3 rings (SSSR count). The first kappa shape index (κ1) is 21.5. The first-order chi connectivity index (χ1) is 13.9. The van der Waals surface area contributed by atoms with E-state index in [0.29, 0.717) is 4.90 Å². The summed E-state index contributed by atoms with van der Waals surface area (Å²) in [5.41, 5.74) is 2.98. The third kappa shape index (κ3) is 5.04. The Morgan fingerprint density at radius 2 is 1.69 bits per heavy atom. The predicted molar refractivity (Wildman–Crippen MR) is 120 cm³/mol. The normalized spacial score (nSPS) is 12.6. The van der Waals surface area contributed by atoms with Gasteiger partial charge in [-0.1, -0.05) is 50.1 Å². The molecule has 0 N–H and O–H groups in total. The van der Waals surface area contributed by atoms with Crippen LogP contribution in [0.1, 0.15) is 26.2 Å². The van der Waals surface area contributed by atoms with E-state index < -0.39 is 10.0 Å². The van der Waals surface area contributed by atoms with Crippen LogP contribution >= 0.6 is 11.3 Å². The highest BCUT2D eigenvalue weighted by molar-refractivity contribution is 7.89. The van der Waals surface area contributed by atoms with Crippen LogP contribution in [0.3, 0.4) is 0 Å². The molecule has 29 heavy (non-hydrogen) atoms. The number of thiazole rings is 1. The highest BCUT2D eigenvalue weighted by Gasteiger charge is 2.17. The van der Waals surface area contributed by atoms with Crippen LogP contribution in [0.5, 0.6) is 0 Å². The monoisotopic (exact) mass is 429 g/mol. The molecular formula is C22H27N3O2S2. The smallest absolute Gasteiger partial charge is 0.242 e. The topological polar surface area (TPSA) is 54.7 Å². The molecule has 0 fully saturated rings. The molecule has 5 nitrogen and oxygen atoms in total. The molecule has 154 valence electrons. The van der Waals surface area contributed by atoms with E-state index >= 15 is 0 Å². The summed E-state index contributed by atoms with van der Waals surface area (Å²) in [4.78, 5) is 6.08. The Morgan fingerprint density at radius 1 is 1.00 bits per heavy atom. The van der Waals surface area contributed by atoms with E-state index in [2.05, 4.69) is 16.9 Å². The summed E-state index contributed by atoms with van der Waals surface area (Å²) in [5.74, 6) is 0. The second-order valence-corrected chi connectivity index (χ2v) is 10.0. The number of nitrogens with zero attached hydrogens (tertiary/aromatic N) is 3. The van der Waals surface area contributed by atoms with E-state index in [1.54, 1.807) is 37.6 Å². The van der Waals surface area contributed by atoms with E-state index in [4.69, 9.17) is 4.99 Å². The molecule has 0 spiro atoms. The highest BCUT2D eigenvalue weighted by Crippen LogP contribution is 2.24. The van der Waals surface area contributed by atoms with Crippen molar-refractivity contribution in [3.63, 3.8) is 0 Å². The summed E-state index contributed by atoms with van der Waals surface area (Å²) in [7, 11) is -0.343. The van der Waals surface area contributed by atoms with E-state index in [-0.39, 0.29) is 0 Å². The quantitative estimate of drug-likeness (QED) is 0.479. The molecule has 0 aliphatic rings. The molecule has 7 heteroatoms. The first-order valence-corrected chi connectivity index (χ1v) is 12.1. The minimum Gasteiger partial charge on any atom is -0.316 e. The van der Waals surface area contributed by atoms with Gasteiger partial charge in [0.15, 0.2) is 4.80 Å². The van der Waals surface area contributed by atoms with Crippen LogP contribution in [0.25, 0.3) is 11.3 Å². The number of para-hydroxylation sites is 1. The summed E-state index contributed by atoms with van der Waals surface area (Å²) in [5, 5.41) is 2.10. The lowest BCUT2D eigenvalue weighted by molar-refractivity contribution is 0.521. The van der Waals surface area contributed by atoms with Gasteiger partial charge >= 0.3 is 0 Å². The Morgan fingerprint density at radius 3 is 2.31 bits per heavy atom. The molecular weight excluding hydrogens is 402 g/mol. The molecule has 0 radical (unpaired) electrons. The fourth-order valence-corrected chi connectivity index (χ4v) is 4.86. The highest BCUT2D eigenvalue weighted by atomic mass is 32.2. The summed E-state index contributed by atoms with van der Waals surface area (Å²) < 4.78 is 28.1. The molecule has 0 atom stereocenters. The van der Waals surface area contributed by atoms with Crippen LogP contribution < -0.4 is 4.80 Å². The van der Waals surface area contributed by atoms with Gasteiger partial charge in [0.25, 0.3) is 0 Å². The van der Waals surface area contributed by atoms with Crippen LogP contribution in [0.15, 0.2) is 69.9 Å². The lowest BCUT2D eigenvalue weighted by atomic mass is 10.1. The van der Waals surface area contributed by atoms with Gasteiger partial charge in [-0.15, -0.1) is 11.3 Å². The van der Waals surface area contributed by atoms with Crippen molar-refractivity contribution in [1.82, 2.24) is 8.87 Å². The van der Waals surface area contributed by atoms with Crippen molar-refractivity contribution >= 4 is 27.0 Å². The Bertz CT molecular complexity index is 1100. The van der Waals surface area contributed by atoms with Crippen LogP contribution in [-0.2, 0) is 16.6 Å². The second-order valence-electron chi connectivity index (χ2n) is 7.02. The zero-order valence-electron chi connectivity index (χ0n) is 17.1. The summed E-state index contributed by atoms with van der Waals surface area (Å²) in [6, 6.07) is 17.0. The molecule has 2 aromatic carbocycles. The zero-order chi connectivity index (χ0) is 20.9. The number of hydrogen-bond acceptors (Lipinski definition) is 4. The molecule has 0 saturated carbocycles. The number of sulfonamides is 1. The van der Waals surface area contributed by atoms with Gasteiger partial charge < -0.3 is 4.57 Å². The number of aromatic nitrogens is 1. The van der Waals surface area contributed by atoms with Gasteiger partial charge in [-0.25, -0.2) is 17.7 Å². The SMILES string of the molecule is CCCCCn1c(-c2ccc(S(=O)(=O)N(C)C)cc2)csc1=Nc1ccccc1. The van der Waals surface area contributed by atoms with Crippen molar-refractivity contribution in [2.45, 2.75) is 37.6 Å². The molecule has 0 unspecified atom stereocenters. The van der Waals surface area contributed by atoms with Gasteiger partial charge in [-0.2, -0.15) is 0 Å². The average molecular weight is 430 g/mol. The summed E-state index contributed by atoms with van der Waals surface area (Å²) in [6.45, 7) is 3.08. The lowest BCUT2D eigenvalue weighted by Gasteiger charge is -2.12. The lowest BCUT2D eigenvalue weighted by Crippen LogP contribution is -2.22. The van der Waals surface area contributed by atoms with Crippen molar-refractivity contribution in [3.05, 3.63) is 64.8 Å². The standard InChI is InChI=1S/C22H27N3O2S2/c1-4-5-9-16-25-21(17-28-22(25)23-19-10-7-6-8-11-19)18-12-14-20(15-13-18)29(26,27)24(2)3/h6-8,10-15,17H,4-5,9,16H2,1-3H3. The molecule has 0 aliphatic heterocycles. The summed E-state index contributed by atoms with van der Waals surface area (Å²) in [6.07, 6.45) is 3.39. The zero-order valence-corrected chi connectivity index (χ0v) is 18.7. The number of hydrogen-bond donors (Lipinski definition) is 0. The third-order valence-electron chi connectivity index (χ3n) is 4.69. The van der Waals surface area contributed by atoms with Crippen LogP contribution in [0.4, 0.5) is 5.69 Å². The first-order valence-electron chi connectivity index (χ1n) is 9.74. The van der Waals surface area contributed by atoms with Crippen LogP contribution in [-0.4, -0.2) is 31.4 Å². The number of unbranched alkanes of at least 4 members (excludes halogenated alkanes) is 2. The Labute approximate surface area is 177 Å². The van der Waals surface area contributed by atoms with Crippen molar-refractivity contribution in [2.24, 2.45) is 4.99 Å². The van der Waals surface area contributed by atoms with Crippen molar-refractivity contribution in [2.75, 3.05) is 14.1 Å². The maximum atomic E-state index is 12.3. The van der Waals surface area contributed by atoms with Crippen molar-refractivity contribution in [3.8, 4) is 11.3 Å². The fraction of sp³-hybridized carbons (Fsp3) is 0.318. The minimum absolute atomic E-state index is 0.299.